The topological polar surface area (TPSA) is 29.4 Å². The highest BCUT2D eigenvalue weighted by Gasteiger charge is 2.46. The summed E-state index contributed by atoms with van der Waals surface area (Å²) in [6.45, 7) is 0. The molecule has 0 saturated heterocycles. The number of rotatable bonds is 3. The van der Waals surface area contributed by atoms with Crippen molar-refractivity contribution in [2.24, 2.45) is 4.99 Å². The van der Waals surface area contributed by atoms with E-state index < -0.39 is 5.54 Å². The lowest BCUT2D eigenvalue weighted by Crippen LogP contribution is -2.05. The smallest absolute Gasteiger partial charge is 0.211 e. The lowest BCUT2D eigenvalue weighted by molar-refractivity contribution is 0.548. The molecule has 1 saturated carbocycles. The van der Waals surface area contributed by atoms with Gasteiger partial charge in [-0.25, -0.2) is 13.6 Å². The molecule has 2 nitrogen and oxygen atoms in total. The van der Waals surface area contributed by atoms with Crippen molar-refractivity contribution in [3.05, 3.63) is 59.7 Å². The van der Waals surface area contributed by atoms with Crippen LogP contribution in [0, 0.1) is 11.6 Å². The number of nitrogens with zero attached hydrogens (tertiary/aromatic N) is 1. The Morgan fingerprint density at radius 1 is 1.00 bits per heavy atom. The summed E-state index contributed by atoms with van der Waals surface area (Å²) in [6.07, 6.45) is 2.81. The second kappa shape index (κ2) is 4.66. The highest BCUT2D eigenvalue weighted by Crippen LogP contribution is 2.50. The van der Waals surface area contributed by atoms with Crippen LogP contribution >= 0.6 is 0 Å². The van der Waals surface area contributed by atoms with Gasteiger partial charge >= 0.3 is 0 Å². The van der Waals surface area contributed by atoms with Crippen LogP contribution in [0.1, 0.15) is 18.4 Å². The zero-order chi connectivity index (χ0) is 14.2. The molecule has 3 rings (SSSR count). The summed E-state index contributed by atoms with van der Waals surface area (Å²) in [5, 5.41) is 0. The average molecular weight is 271 g/mol. The Balaban J connectivity index is 2.07. The SMILES string of the molecule is O=C=NC1(c2cc(-c3ccc(F)cc3)ccc2F)CC1. The summed E-state index contributed by atoms with van der Waals surface area (Å²) >= 11 is 0. The minimum atomic E-state index is -0.748. The molecule has 0 atom stereocenters. The maximum atomic E-state index is 14.0. The molecule has 1 aliphatic carbocycles. The molecular formula is C16H11F2NO. The van der Waals surface area contributed by atoms with E-state index in [0.29, 0.717) is 18.4 Å². The first-order valence-electron chi connectivity index (χ1n) is 6.30. The summed E-state index contributed by atoms with van der Waals surface area (Å²) in [7, 11) is 0. The van der Waals surface area contributed by atoms with Gasteiger partial charge in [0.2, 0.25) is 6.08 Å². The molecule has 0 heterocycles. The minimum Gasteiger partial charge on any atom is -0.211 e. The van der Waals surface area contributed by atoms with Gasteiger partial charge in [-0.1, -0.05) is 18.2 Å². The standard InChI is InChI=1S/C16H11F2NO/c17-13-4-1-11(2-5-13)12-3-6-15(18)14(9-12)16(7-8-16)19-10-20/h1-6,9H,7-8H2. The van der Waals surface area contributed by atoms with E-state index in [1.807, 2.05) is 0 Å². The van der Waals surface area contributed by atoms with Crippen LogP contribution in [0.4, 0.5) is 8.78 Å². The molecule has 0 radical (unpaired) electrons. The Morgan fingerprint density at radius 3 is 2.25 bits per heavy atom. The van der Waals surface area contributed by atoms with Crippen LogP contribution in [0.15, 0.2) is 47.5 Å². The number of hydrogen-bond acceptors (Lipinski definition) is 2. The van der Waals surface area contributed by atoms with Crippen molar-refractivity contribution in [1.29, 1.82) is 0 Å². The molecule has 1 fully saturated rings. The number of carbonyl (C=O) groups excluding carboxylic acids is 1. The van der Waals surface area contributed by atoms with E-state index in [9.17, 15) is 13.6 Å². The fraction of sp³-hybridized carbons (Fsp3) is 0.188. The molecule has 0 aliphatic heterocycles. The lowest BCUT2D eigenvalue weighted by atomic mass is 9.98. The van der Waals surface area contributed by atoms with E-state index in [1.54, 1.807) is 24.3 Å². The first kappa shape index (κ1) is 12.7. The number of halogens is 2. The van der Waals surface area contributed by atoms with Crippen molar-refractivity contribution >= 4 is 6.08 Å². The van der Waals surface area contributed by atoms with Crippen molar-refractivity contribution in [2.45, 2.75) is 18.4 Å². The maximum absolute atomic E-state index is 14.0. The Morgan fingerprint density at radius 2 is 1.65 bits per heavy atom. The third-order valence-electron chi connectivity index (χ3n) is 3.63. The quantitative estimate of drug-likeness (QED) is 0.613. The number of aliphatic imine (C=N–C) groups is 1. The van der Waals surface area contributed by atoms with E-state index in [0.717, 1.165) is 11.1 Å². The van der Waals surface area contributed by atoms with Gasteiger partial charge in [0, 0.05) is 5.56 Å². The molecule has 2 aromatic rings. The second-order valence-electron chi connectivity index (χ2n) is 4.94. The van der Waals surface area contributed by atoms with Crippen LogP contribution < -0.4 is 0 Å². The van der Waals surface area contributed by atoms with Crippen molar-refractivity contribution in [3.8, 4) is 11.1 Å². The molecule has 20 heavy (non-hydrogen) atoms. The fourth-order valence-corrected chi connectivity index (χ4v) is 2.35. The van der Waals surface area contributed by atoms with Gasteiger partial charge in [0.25, 0.3) is 0 Å². The van der Waals surface area contributed by atoms with Crippen molar-refractivity contribution in [2.75, 3.05) is 0 Å². The molecule has 4 heteroatoms. The third-order valence-corrected chi connectivity index (χ3v) is 3.63. The van der Waals surface area contributed by atoms with Crippen molar-refractivity contribution in [1.82, 2.24) is 0 Å². The summed E-state index contributed by atoms with van der Waals surface area (Å²) in [5.41, 5.74) is 1.22. The first-order valence-corrected chi connectivity index (χ1v) is 6.30. The van der Waals surface area contributed by atoms with E-state index >= 15 is 0 Å². The van der Waals surface area contributed by atoms with Crippen LogP contribution in [0.2, 0.25) is 0 Å². The number of hydrogen-bond donors (Lipinski definition) is 0. The predicted octanol–water partition coefficient (Wildman–Crippen LogP) is 3.96. The molecule has 0 bridgehead atoms. The van der Waals surface area contributed by atoms with Crippen molar-refractivity contribution in [3.63, 3.8) is 0 Å². The third kappa shape index (κ3) is 2.15. The summed E-state index contributed by atoms with van der Waals surface area (Å²) in [6, 6.07) is 10.6. The summed E-state index contributed by atoms with van der Waals surface area (Å²) < 4.78 is 26.9. The Labute approximate surface area is 114 Å². The van der Waals surface area contributed by atoms with Crippen LogP contribution in [0.3, 0.4) is 0 Å². The predicted molar refractivity (Wildman–Crippen MR) is 70.8 cm³/mol. The molecule has 100 valence electrons. The molecule has 1 aliphatic rings. The zero-order valence-electron chi connectivity index (χ0n) is 10.6. The summed E-state index contributed by atoms with van der Waals surface area (Å²) in [5.74, 6) is -0.701. The van der Waals surface area contributed by atoms with Gasteiger partial charge in [-0.15, -0.1) is 0 Å². The number of isocyanates is 1. The van der Waals surface area contributed by atoms with Gasteiger partial charge in [-0.2, -0.15) is 4.99 Å². The maximum Gasteiger partial charge on any atom is 0.235 e. The first-order chi connectivity index (χ1) is 9.64. The van der Waals surface area contributed by atoms with Crippen LogP contribution in [-0.4, -0.2) is 6.08 Å². The van der Waals surface area contributed by atoms with Crippen molar-refractivity contribution < 1.29 is 13.6 Å². The molecule has 0 unspecified atom stereocenters. The highest BCUT2D eigenvalue weighted by atomic mass is 19.1. The molecule has 0 N–H and O–H groups in total. The molecular weight excluding hydrogens is 260 g/mol. The monoisotopic (exact) mass is 271 g/mol. The average Bonchev–Trinajstić information content (AvgIpc) is 3.21. The van der Waals surface area contributed by atoms with E-state index in [4.69, 9.17) is 0 Å². The van der Waals surface area contributed by atoms with Crippen LogP contribution in [-0.2, 0) is 10.3 Å². The normalized spacial score (nSPS) is 15.5. The van der Waals surface area contributed by atoms with Gasteiger partial charge in [-0.3, -0.25) is 0 Å². The lowest BCUT2D eigenvalue weighted by Gasteiger charge is -2.12. The Kier molecular flexibility index (Phi) is 2.96. The van der Waals surface area contributed by atoms with Gasteiger partial charge in [-0.05, 0) is 48.2 Å². The second-order valence-corrected chi connectivity index (χ2v) is 4.94. The molecule has 0 amide bonds. The van der Waals surface area contributed by atoms with Gasteiger partial charge in [0.05, 0.1) is 0 Å². The van der Waals surface area contributed by atoms with Gasteiger partial charge < -0.3 is 0 Å². The Hall–Kier alpha value is -2.32. The Bertz CT molecular complexity index is 699. The van der Waals surface area contributed by atoms with Crippen LogP contribution in [0.5, 0.6) is 0 Å². The molecule has 2 aromatic carbocycles. The molecule has 0 spiro atoms. The molecule has 0 aromatic heterocycles. The van der Waals surface area contributed by atoms with Crippen LogP contribution in [0.25, 0.3) is 11.1 Å². The largest absolute Gasteiger partial charge is 0.235 e. The van der Waals surface area contributed by atoms with E-state index in [1.165, 1.54) is 24.3 Å². The minimum absolute atomic E-state index is 0.319. The number of benzene rings is 2. The van der Waals surface area contributed by atoms with Gasteiger partial charge in [0.15, 0.2) is 0 Å². The van der Waals surface area contributed by atoms with Gasteiger partial charge in [0.1, 0.15) is 17.2 Å². The van der Waals surface area contributed by atoms with E-state index in [-0.39, 0.29) is 11.6 Å². The zero-order valence-corrected chi connectivity index (χ0v) is 10.6. The van der Waals surface area contributed by atoms with E-state index in [2.05, 4.69) is 4.99 Å². The fourth-order valence-electron chi connectivity index (χ4n) is 2.35. The summed E-state index contributed by atoms with van der Waals surface area (Å²) in [4.78, 5) is 14.2. The highest BCUT2D eigenvalue weighted by molar-refractivity contribution is 5.65.